The van der Waals surface area contributed by atoms with Crippen LogP contribution in [0.25, 0.3) is 0 Å². The van der Waals surface area contributed by atoms with E-state index in [4.69, 9.17) is 5.73 Å². The number of hydrogen-bond acceptors (Lipinski definition) is 2. The van der Waals surface area contributed by atoms with Crippen LogP contribution in [-0.2, 0) is 4.79 Å². The molecule has 0 radical (unpaired) electrons. The summed E-state index contributed by atoms with van der Waals surface area (Å²) in [6.07, 6.45) is 3.99. The standard InChI is InChI=1S/C13H26N2O/c1-5-10-6-7-11(9(10)2)15-12(16)8-13(3,4)14/h9-11H,5-8,14H2,1-4H3,(H,15,16). The van der Waals surface area contributed by atoms with Gasteiger partial charge < -0.3 is 11.1 Å². The van der Waals surface area contributed by atoms with Crippen molar-refractivity contribution in [2.24, 2.45) is 17.6 Å². The van der Waals surface area contributed by atoms with Crippen LogP contribution in [0, 0.1) is 11.8 Å². The molecule has 3 unspecified atom stereocenters. The monoisotopic (exact) mass is 226 g/mol. The normalized spacial score (nSPS) is 30.4. The zero-order valence-corrected chi connectivity index (χ0v) is 11.0. The Labute approximate surface area is 99.2 Å². The van der Waals surface area contributed by atoms with Crippen molar-refractivity contribution in [1.29, 1.82) is 0 Å². The van der Waals surface area contributed by atoms with Crippen LogP contribution in [0.2, 0.25) is 0 Å². The molecule has 0 aromatic rings. The number of hydrogen-bond donors (Lipinski definition) is 2. The van der Waals surface area contributed by atoms with Gasteiger partial charge in [-0.1, -0.05) is 20.3 Å². The molecule has 0 bridgehead atoms. The zero-order chi connectivity index (χ0) is 12.3. The van der Waals surface area contributed by atoms with E-state index in [1.807, 2.05) is 13.8 Å². The molecule has 16 heavy (non-hydrogen) atoms. The molecule has 0 aromatic heterocycles. The van der Waals surface area contributed by atoms with Crippen LogP contribution in [-0.4, -0.2) is 17.5 Å². The summed E-state index contributed by atoms with van der Waals surface area (Å²) in [4.78, 5) is 11.8. The van der Waals surface area contributed by atoms with Crippen LogP contribution in [0.3, 0.4) is 0 Å². The molecule has 3 nitrogen and oxygen atoms in total. The van der Waals surface area contributed by atoms with E-state index < -0.39 is 5.54 Å². The summed E-state index contributed by atoms with van der Waals surface area (Å²) in [5.74, 6) is 1.48. The molecule has 1 aliphatic carbocycles. The zero-order valence-electron chi connectivity index (χ0n) is 11.0. The Hall–Kier alpha value is -0.570. The minimum absolute atomic E-state index is 0.0982. The Morgan fingerprint density at radius 3 is 2.50 bits per heavy atom. The summed E-state index contributed by atoms with van der Waals surface area (Å²) in [7, 11) is 0. The van der Waals surface area contributed by atoms with Crippen LogP contribution >= 0.6 is 0 Å². The van der Waals surface area contributed by atoms with Crippen LogP contribution in [0.15, 0.2) is 0 Å². The Balaban J connectivity index is 2.41. The third-order valence-corrected chi connectivity index (χ3v) is 3.71. The SMILES string of the molecule is CCC1CCC(NC(=O)CC(C)(C)N)C1C. The van der Waals surface area contributed by atoms with Gasteiger partial charge in [-0.05, 0) is 38.5 Å². The molecule has 0 aromatic carbocycles. The predicted molar refractivity (Wildman–Crippen MR) is 67.0 cm³/mol. The molecule has 1 fully saturated rings. The minimum Gasteiger partial charge on any atom is -0.353 e. The highest BCUT2D eigenvalue weighted by Crippen LogP contribution is 2.33. The van der Waals surface area contributed by atoms with E-state index in [9.17, 15) is 4.79 Å². The van der Waals surface area contributed by atoms with Gasteiger partial charge in [-0.25, -0.2) is 0 Å². The maximum Gasteiger partial charge on any atom is 0.222 e. The molecule has 3 heteroatoms. The largest absolute Gasteiger partial charge is 0.353 e. The van der Waals surface area contributed by atoms with Gasteiger partial charge in [-0.2, -0.15) is 0 Å². The van der Waals surface area contributed by atoms with Gasteiger partial charge in [0.2, 0.25) is 5.91 Å². The molecule has 1 aliphatic rings. The lowest BCUT2D eigenvalue weighted by molar-refractivity contribution is -0.123. The third kappa shape index (κ3) is 3.78. The van der Waals surface area contributed by atoms with E-state index >= 15 is 0 Å². The van der Waals surface area contributed by atoms with E-state index in [1.54, 1.807) is 0 Å². The Morgan fingerprint density at radius 2 is 2.06 bits per heavy atom. The number of amides is 1. The lowest BCUT2D eigenvalue weighted by Crippen LogP contribution is -2.43. The first kappa shape index (κ1) is 13.5. The van der Waals surface area contributed by atoms with Gasteiger partial charge in [0.05, 0.1) is 0 Å². The summed E-state index contributed by atoms with van der Waals surface area (Å²) in [6.45, 7) is 8.26. The number of nitrogens with two attached hydrogens (primary N) is 1. The van der Waals surface area contributed by atoms with Gasteiger partial charge in [0.25, 0.3) is 0 Å². The topological polar surface area (TPSA) is 55.1 Å². The number of nitrogens with one attached hydrogen (secondary N) is 1. The van der Waals surface area contributed by atoms with Gasteiger partial charge in [-0.3, -0.25) is 4.79 Å². The quantitative estimate of drug-likeness (QED) is 0.771. The molecule has 1 rings (SSSR count). The molecule has 1 amide bonds. The second kappa shape index (κ2) is 5.17. The van der Waals surface area contributed by atoms with Gasteiger partial charge >= 0.3 is 0 Å². The van der Waals surface area contributed by atoms with Crippen molar-refractivity contribution in [3.63, 3.8) is 0 Å². The first-order chi connectivity index (χ1) is 7.33. The van der Waals surface area contributed by atoms with Gasteiger partial charge in [0.1, 0.15) is 0 Å². The minimum atomic E-state index is -0.407. The fraction of sp³-hybridized carbons (Fsp3) is 0.923. The van der Waals surface area contributed by atoms with E-state index in [1.165, 1.54) is 12.8 Å². The lowest BCUT2D eigenvalue weighted by Gasteiger charge is -2.23. The number of carbonyl (C=O) groups is 1. The Kier molecular flexibility index (Phi) is 4.36. The van der Waals surface area contributed by atoms with Crippen molar-refractivity contribution >= 4 is 5.91 Å². The Morgan fingerprint density at radius 1 is 1.44 bits per heavy atom. The number of carbonyl (C=O) groups excluding carboxylic acids is 1. The Bertz CT molecular complexity index is 245. The maximum atomic E-state index is 11.8. The third-order valence-electron chi connectivity index (χ3n) is 3.71. The molecule has 1 saturated carbocycles. The molecular formula is C13H26N2O. The molecule has 0 saturated heterocycles. The summed E-state index contributed by atoms with van der Waals surface area (Å²) in [6, 6.07) is 0.361. The van der Waals surface area contributed by atoms with Crippen molar-refractivity contribution < 1.29 is 4.79 Å². The van der Waals surface area contributed by atoms with Crippen molar-refractivity contribution in [1.82, 2.24) is 5.32 Å². The average molecular weight is 226 g/mol. The smallest absolute Gasteiger partial charge is 0.222 e. The number of rotatable bonds is 4. The van der Waals surface area contributed by atoms with Gasteiger partial charge in [-0.15, -0.1) is 0 Å². The highest BCUT2D eigenvalue weighted by atomic mass is 16.1. The van der Waals surface area contributed by atoms with Crippen molar-refractivity contribution in [2.75, 3.05) is 0 Å². The molecule has 3 N–H and O–H groups in total. The van der Waals surface area contributed by atoms with Crippen molar-refractivity contribution in [3.8, 4) is 0 Å². The second-order valence-corrected chi connectivity index (χ2v) is 5.94. The predicted octanol–water partition coefficient (Wildman–Crippen LogP) is 2.05. The fourth-order valence-electron chi connectivity index (χ4n) is 2.70. The summed E-state index contributed by atoms with van der Waals surface area (Å²) in [5, 5.41) is 3.13. The molecule has 0 spiro atoms. The van der Waals surface area contributed by atoms with E-state index in [-0.39, 0.29) is 5.91 Å². The van der Waals surface area contributed by atoms with Crippen LogP contribution in [0.5, 0.6) is 0 Å². The van der Waals surface area contributed by atoms with Crippen LogP contribution in [0.1, 0.15) is 53.4 Å². The van der Waals surface area contributed by atoms with E-state index in [2.05, 4.69) is 19.2 Å². The molecule has 0 aliphatic heterocycles. The molecule has 0 heterocycles. The average Bonchev–Trinajstić information content (AvgIpc) is 2.44. The van der Waals surface area contributed by atoms with E-state index in [0.29, 0.717) is 18.4 Å². The highest BCUT2D eigenvalue weighted by molar-refractivity contribution is 5.77. The summed E-state index contributed by atoms with van der Waals surface area (Å²) >= 11 is 0. The first-order valence-electron chi connectivity index (χ1n) is 6.41. The fourth-order valence-corrected chi connectivity index (χ4v) is 2.70. The van der Waals surface area contributed by atoms with E-state index in [0.717, 1.165) is 12.3 Å². The van der Waals surface area contributed by atoms with Crippen LogP contribution < -0.4 is 11.1 Å². The van der Waals surface area contributed by atoms with Gasteiger partial charge in [0.15, 0.2) is 0 Å². The molecule has 94 valence electrons. The summed E-state index contributed by atoms with van der Waals surface area (Å²) < 4.78 is 0. The molecular weight excluding hydrogens is 200 g/mol. The van der Waals surface area contributed by atoms with Crippen molar-refractivity contribution in [2.45, 2.75) is 65.0 Å². The maximum absolute atomic E-state index is 11.8. The lowest BCUT2D eigenvalue weighted by atomic mass is 9.93. The highest BCUT2D eigenvalue weighted by Gasteiger charge is 2.32. The van der Waals surface area contributed by atoms with Gasteiger partial charge in [0, 0.05) is 18.0 Å². The van der Waals surface area contributed by atoms with Crippen LogP contribution in [0.4, 0.5) is 0 Å². The first-order valence-corrected chi connectivity index (χ1v) is 6.41. The summed E-state index contributed by atoms with van der Waals surface area (Å²) in [5.41, 5.74) is 5.43. The second-order valence-electron chi connectivity index (χ2n) is 5.94. The molecule has 3 atom stereocenters. The van der Waals surface area contributed by atoms with Crippen molar-refractivity contribution in [3.05, 3.63) is 0 Å².